The lowest BCUT2D eigenvalue weighted by molar-refractivity contribution is 0.412. The van der Waals surface area contributed by atoms with E-state index in [1.165, 1.54) is 0 Å². The van der Waals surface area contributed by atoms with Crippen LogP contribution in [0.5, 0.6) is 0 Å². The van der Waals surface area contributed by atoms with Gasteiger partial charge in [-0.15, -0.1) is 23.7 Å². The lowest BCUT2D eigenvalue weighted by Crippen LogP contribution is -2.31. The highest BCUT2D eigenvalue weighted by Gasteiger charge is 2.09. The summed E-state index contributed by atoms with van der Waals surface area (Å²) in [6, 6.07) is 9.38. The van der Waals surface area contributed by atoms with Crippen LogP contribution in [0.4, 0.5) is 5.82 Å². The molecule has 2 rings (SSSR count). The van der Waals surface area contributed by atoms with Crippen molar-refractivity contribution < 1.29 is 8.22 Å². The van der Waals surface area contributed by atoms with E-state index in [0.29, 0.717) is 17.3 Å². The monoisotopic (exact) mass is 303 g/mol. The van der Waals surface area contributed by atoms with E-state index in [4.69, 9.17) is 8.22 Å². The first-order chi connectivity index (χ1) is 11.2. The molecule has 0 unspecified atom stereocenters. The topological polar surface area (TPSA) is 19.4 Å². The summed E-state index contributed by atoms with van der Waals surface area (Å²) >= 11 is 1.59. The molecule has 0 fully saturated rings. The zero-order chi connectivity index (χ0) is 17.8. The van der Waals surface area contributed by atoms with Crippen LogP contribution in [0.2, 0.25) is 0 Å². The van der Waals surface area contributed by atoms with Crippen LogP contribution in [0, 0.1) is 0 Å². The van der Waals surface area contributed by atoms with Crippen molar-refractivity contribution >= 4 is 29.6 Å². The van der Waals surface area contributed by atoms with E-state index in [-0.39, 0.29) is 25.5 Å². The number of aromatic nitrogens is 1. The molecule has 0 aromatic carbocycles. The molecule has 0 aliphatic heterocycles. The molecule has 0 spiro atoms. The summed E-state index contributed by atoms with van der Waals surface area (Å²) in [4.78, 5) is 7.84. The number of likely N-dealkylation sites (N-methyl/N-ethyl adjacent to an activating group) is 1. The Kier molecular flexibility index (Phi) is 3.84. The van der Waals surface area contributed by atoms with Crippen LogP contribution in [0.3, 0.4) is 0 Å². The Bertz CT molecular complexity index is 604. The van der Waals surface area contributed by atoms with Gasteiger partial charge in [0, 0.05) is 32.4 Å². The number of hydrogen-bond acceptors (Lipinski definition) is 4. The smallest absolute Gasteiger partial charge is 0.128 e. The summed E-state index contributed by atoms with van der Waals surface area (Å²) in [5, 5.41) is 1.96. The van der Waals surface area contributed by atoms with Gasteiger partial charge >= 0.3 is 0 Å². The Labute approximate surface area is 133 Å². The first kappa shape index (κ1) is 8.95. The van der Waals surface area contributed by atoms with Crippen molar-refractivity contribution in [3.8, 4) is 0 Å². The molecular weight excluding hydrogens is 278 g/mol. The van der Waals surface area contributed by atoms with Gasteiger partial charge in [-0.05, 0) is 37.5 Å². The van der Waals surface area contributed by atoms with Crippen molar-refractivity contribution in [1.29, 1.82) is 0 Å². The highest BCUT2D eigenvalue weighted by atomic mass is 35.5. The molecule has 0 atom stereocenters. The molecule has 0 radical (unpaired) electrons. The Balaban J connectivity index is 0.00000312. The predicted molar refractivity (Wildman–Crippen MR) is 85.4 cm³/mol. The third-order valence-corrected chi connectivity index (χ3v) is 3.35. The Morgan fingerprint density at radius 3 is 2.74 bits per heavy atom. The minimum Gasteiger partial charge on any atom is -0.350 e. The zero-order valence-electron chi connectivity index (χ0n) is 16.3. The van der Waals surface area contributed by atoms with Crippen LogP contribution in [-0.4, -0.2) is 36.9 Å². The number of anilines is 1. The largest absolute Gasteiger partial charge is 0.350 e. The molecule has 3 nitrogen and oxygen atoms in total. The van der Waals surface area contributed by atoms with Gasteiger partial charge in [-0.2, -0.15) is 0 Å². The number of halogens is 1. The van der Waals surface area contributed by atoms with Gasteiger partial charge in [-0.1, -0.05) is 12.1 Å². The fraction of sp³-hybridized carbons (Fsp3) is 0.357. The summed E-state index contributed by atoms with van der Waals surface area (Å²) in [5.41, 5.74) is 0. The summed E-state index contributed by atoms with van der Waals surface area (Å²) in [7, 11) is 0. The molecule has 5 heteroatoms. The van der Waals surface area contributed by atoms with E-state index in [1.807, 2.05) is 34.5 Å². The zero-order valence-corrected chi connectivity index (χ0v) is 12.0. The highest BCUT2D eigenvalue weighted by molar-refractivity contribution is 7.09. The van der Waals surface area contributed by atoms with Crippen LogP contribution < -0.4 is 4.90 Å². The number of nitrogens with zero attached hydrogens (tertiary/aromatic N) is 3. The molecule has 104 valence electrons. The van der Waals surface area contributed by atoms with Gasteiger partial charge in [0.2, 0.25) is 0 Å². The lowest BCUT2D eigenvalue weighted by Gasteiger charge is -2.24. The van der Waals surface area contributed by atoms with Gasteiger partial charge in [0.05, 0.1) is 6.54 Å². The SMILES string of the molecule is Cl.[2H]C([2H])([2H])N(CCN(Cc1cccs1)c1ccccn1)C([2H])([2H])[2H]. The molecule has 2 aromatic heterocycles. The molecule has 0 bridgehead atoms. The fourth-order valence-electron chi connectivity index (χ4n) is 1.63. The molecule has 0 amide bonds. The van der Waals surface area contributed by atoms with Gasteiger partial charge in [0.25, 0.3) is 0 Å². The number of thiophene rings is 1. The maximum atomic E-state index is 7.46. The molecule has 0 aliphatic rings. The standard InChI is InChI=1S/C14H19N3S.ClH/c1-16(2)9-10-17(12-13-6-5-11-18-13)14-7-3-4-8-15-14;/h3-8,11H,9-10,12H2,1-2H3;1H/i1D3,2D3;. The minimum atomic E-state index is -2.68. The molecule has 0 N–H and O–H groups in total. The highest BCUT2D eigenvalue weighted by Crippen LogP contribution is 2.17. The molecular formula is C14H20ClN3S. The number of pyridine rings is 1. The van der Waals surface area contributed by atoms with Crippen LogP contribution in [0.25, 0.3) is 0 Å². The van der Waals surface area contributed by atoms with E-state index < -0.39 is 14.0 Å². The van der Waals surface area contributed by atoms with Crippen LogP contribution in [0.1, 0.15) is 13.1 Å². The minimum absolute atomic E-state index is 0. The summed E-state index contributed by atoms with van der Waals surface area (Å²) in [6.07, 6.45) is 1.65. The molecule has 19 heavy (non-hydrogen) atoms. The number of hydrogen-bond donors (Lipinski definition) is 0. The van der Waals surface area contributed by atoms with E-state index in [2.05, 4.69) is 4.98 Å². The molecule has 0 saturated carbocycles. The maximum absolute atomic E-state index is 7.46. The van der Waals surface area contributed by atoms with Gasteiger partial charge in [0.15, 0.2) is 0 Å². The first-order valence-electron chi connectivity index (χ1n) is 8.64. The molecule has 0 saturated heterocycles. The normalized spacial score (nSPS) is 16.3. The van der Waals surface area contributed by atoms with Gasteiger partial charge < -0.3 is 9.80 Å². The quantitative estimate of drug-likeness (QED) is 0.817. The second kappa shape index (κ2) is 8.15. The van der Waals surface area contributed by atoms with E-state index in [0.717, 1.165) is 4.88 Å². The fourth-order valence-corrected chi connectivity index (χ4v) is 2.35. The predicted octanol–water partition coefficient (Wildman–Crippen LogP) is 3.13. The average molecular weight is 304 g/mol. The van der Waals surface area contributed by atoms with Gasteiger partial charge in [0.1, 0.15) is 5.82 Å². The van der Waals surface area contributed by atoms with Gasteiger partial charge in [-0.25, -0.2) is 4.98 Å². The van der Waals surface area contributed by atoms with Crippen LogP contribution in [-0.2, 0) is 6.54 Å². The maximum Gasteiger partial charge on any atom is 0.128 e. The van der Waals surface area contributed by atoms with Gasteiger partial charge in [-0.3, -0.25) is 0 Å². The van der Waals surface area contributed by atoms with Crippen molar-refractivity contribution in [2.24, 2.45) is 0 Å². The summed E-state index contributed by atoms with van der Waals surface area (Å²) in [6.45, 7) is -4.68. The molecule has 2 heterocycles. The summed E-state index contributed by atoms with van der Waals surface area (Å²) < 4.78 is 44.7. The molecule has 0 aliphatic carbocycles. The summed E-state index contributed by atoms with van der Waals surface area (Å²) in [5.74, 6) is 0.682. The van der Waals surface area contributed by atoms with Crippen molar-refractivity contribution in [1.82, 2.24) is 9.88 Å². The Morgan fingerprint density at radius 2 is 2.11 bits per heavy atom. The Morgan fingerprint density at radius 1 is 1.21 bits per heavy atom. The van der Waals surface area contributed by atoms with Crippen molar-refractivity contribution in [3.05, 3.63) is 46.8 Å². The van der Waals surface area contributed by atoms with Crippen LogP contribution >= 0.6 is 23.7 Å². The Hall–Kier alpha value is -1.10. The lowest BCUT2D eigenvalue weighted by atomic mass is 10.3. The second-order valence-electron chi connectivity index (χ2n) is 3.84. The molecule has 2 aromatic rings. The van der Waals surface area contributed by atoms with Crippen LogP contribution in [0.15, 0.2) is 41.9 Å². The first-order valence-corrected chi connectivity index (χ1v) is 6.52. The van der Waals surface area contributed by atoms with E-state index >= 15 is 0 Å². The van der Waals surface area contributed by atoms with Crippen molar-refractivity contribution in [3.63, 3.8) is 0 Å². The van der Waals surface area contributed by atoms with E-state index in [9.17, 15) is 0 Å². The second-order valence-corrected chi connectivity index (χ2v) is 4.87. The average Bonchev–Trinajstić information content (AvgIpc) is 2.97. The van der Waals surface area contributed by atoms with E-state index in [1.54, 1.807) is 23.6 Å². The number of rotatable bonds is 6. The third kappa shape index (κ3) is 5.19. The third-order valence-electron chi connectivity index (χ3n) is 2.49. The van der Waals surface area contributed by atoms with Crippen molar-refractivity contribution in [2.45, 2.75) is 6.54 Å². The van der Waals surface area contributed by atoms with Crippen molar-refractivity contribution in [2.75, 3.05) is 31.9 Å².